The Bertz CT molecular complexity index is 489. The van der Waals surface area contributed by atoms with Gasteiger partial charge in [0.25, 0.3) is 0 Å². The largest absolute Gasteiger partial charge is 0.489 e. The summed E-state index contributed by atoms with van der Waals surface area (Å²) in [6, 6.07) is 4.69. The Labute approximate surface area is 132 Å². The quantitative estimate of drug-likeness (QED) is 0.761. The van der Waals surface area contributed by atoms with Crippen molar-refractivity contribution in [3.8, 4) is 11.5 Å². The minimum Gasteiger partial charge on any atom is -0.489 e. The van der Waals surface area contributed by atoms with Gasteiger partial charge in [0.2, 0.25) is 0 Å². The number of nitrogens with one attached hydrogen (secondary N) is 1. The predicted octanol–water partition coefficient (Wildman–Crippen LogP) is 3.19. The molecular weight excluding hydrogens is 285 g/mol. The summed E-state index contributed by atoms with van der Waals surface area (Å²) >= 11 is 0. The normalized spacial score (nSPS) is 12.5. The van der Waals surface area contributed by atoms with Gasteiger partial charge in [0.1, 0.15) is 18.5 Å². The fourth-order valence-electron chi connectivity index (χ4n) is 1.66. The van der Waals surface area contributed by atoms with Gasteiger partial charge >= 0.3 is 0 Å². The van der Waals surface area contributed by atoms with Crippen LogP contribution in [0.3, 0.4) is 0 Å². The smallest absolute Gasteiger partial charge is 0.172 e. The van der Waals surface area contributed by atoms with Crippen LogP contribution in [0.2, 0.25) is 0 Å². The van der Waals surface area contributed by atoms with E-state index in [0.29, 0.717) is 18.3 Å². The highest BCUT2D eigenvalue weighted by molar-refractivity contribution is 5.81. The molecule has 0 amide bonds. The number of carbonyl (C=O) groups is 1. The van der Waals surface area contributed by atoms with Gasteiger partial charge in [0, 0.05) is 24.6 Å². The first-order valence-corrected chi connectivity index (χ1v) is 7.64. The van der Waals surface area contributed by atoms with E-state index in [-0.39, 0.29) is 30.2 Å². The highest BCUT2D eigenvalue weighted by atomic mass is 19.1. The third kappa shape index (κ3) is 6.43. The summed E-state index contributed by atoms with van der Waals surface area (Å²) in [6.07, 6.45) is -0.0574. The Kier molecular flexibility index (Phi) is 7.32. The van der Waals surface area contributed by atoms with E-state index < -0.39 is 5.82 Å². The van der Waals surface area contributed by atoms with E-state index in [1.54, 1.807) is 19.9 Å². The molecule has 5 heteroatoms. The highest BCUT2D eigenvalue weighted by Crippen LogP contribution is 2.24. The molecule has 0 heterocycles. The van der Waals surface area contributed by atoms with Gasteiger partial charge in [-0.3, -0.25) is 4.79 Å². The molecule has 0 aliphatic rings. The Morgan fingerprint density at radius 1 is 1.23 bits per heavy atom. The van der Waals surface area contributed by atoms with Crippen LogP contribution >= 0.6 is 0 Å². The van der Waals surface area contributed by atoms with E-state index in [9.17, 15) is 9.18 Å². The van der Waals surface area contributed by atoms with E-state index in [0.717, 1.165) is 0 Å². The number of rotatable bonds is 9. The second kappa shape index (κ2) is 8.73. The third-order valence-corrected chi connectivity index (χ3v) is 3.07. The van der Waals surface area contributed by atoms with Crippen LogP contribution in [0, 0.1) is 11.7 Å². The molecule has 0 saturated heterocycles. The maximum absolute atomic E-state index is 13.7. The van der Waals surface area contributed by atoms with E-state index in [4.69, 9.17) is 9.47 Å². The highest BCUT2D eigenvalue weighted by Gasteiger charge is 2.12. The molecule has 0 aromatic heterocycles. The molecule has 1 aromatic rings. The second-order valence-corrected chi connectivity index (χ2v) is 5.99. The van der Waals surface area contributed by atoms with E-state index in [2.05, 4.69) is 19.2 Å². The van der Waals surface area contributed by atoms with Crippen LogP contribution in [0.15, 0.2) is 18.2 Å². The summed E-state index contributed by atoms with van der Waals surface area (Å²) in [5.74, 6) is -0.149. The van der Waals surface area contributed by atoms with E-state index in [1.807, 2.05) is 6.92 Å². The zero-order valence-corrected chi connectivity index (χ0v) is 14.0. The summed E-state index contributed by atoms with van der Waals surface area (Å²) in [5, 5.41) is 3.27. The van der Waals surface area contributed by atoms with Crippen LogP contribution in [0.25, 0.3) is 0 Å². The topological polar surface area (TPSA) is 47.6 Å². The van der Waals surface area contributed by atoms with Gasteiger partial charge in [-0.2, -0.15) is 0 Å². The van der Waals surface area contributed by atoms with Gasteiger partial charge in [0.05, 0.1) is 0 Å². The predicted molar refractivity (Wildman–Crippen MR) is 85.0 cm³/mol. The second-order valence-electron chi connectivity index (χ2n) is 5.99. The first-order valence-electron chi connectivity index (χ1n) is 7.64. The van der Waals surface area contributed by atoms with Crippen molar-refractivity contribution in [2.24, 2.45) is 5.92 Å². The fraction of sp³-hybridized carbons (Fsp3) is 0.588. The zero-order valence-electron chi connectivity index (χ0n) is 14.0. The zero-order chi connectivity index (χ0) is 16.7. The van der Waals surface area contributed by atoms with Gasteiger partial charge in [-0.15, -0.1) is 0 Å². The molecule has 0 aliphatic carbocycles. The van der Waals surface area contributed by atoms with Gasteiger partial charge in [-0.1, -0.05) is 27.7 Å². The lowest BCUT2D eigenvalue weighted by Gasteiger charge is -2.18. The third-order valence-electron chi connectivity index (χ3n) is 3.07. The summed E-state index contributed by atoms with van der Waals surface area (Å²) in [6.45, 7) is 10.2. The molecule has 0 radical (unpaired) electrons. The first kappa shape index (κ1) is 18.4. The van der Waals surface area contributed by atoms with Crippen molar-refractivity contribution in [1.82, 2.24) is 5.32 Å². The van der Waals surface area contributed by atoms with Crippen molar-refractivity contribution < 1.29 is 18.7 Å². The maximum atomic E-state index is 13.7. The molecule has 1 atom stereocenters. The Hall–Kier alpha value is -1.62. The van der Waals surface area contributed by atoms with Gasteiger partial charge in [0.15, 0.2) is 17.3 Å². The van der Waals surface area contributed by atoms with Crippen LogP contribution in [0.4, 0.5) is 4.39 Å². The number of ketones is 1. The molecule has 22 heavy (non-hydrogen) atoms. The standard InChI is InChI=1S/C17H26FNO3/c1-11(2)16(20)10-21-17-8-14(6-7-15(17)18)22-13(5)9-19-12(3)4/h6-8,11-13,19H,9-10H2,1-5H3. The average Bonchev–Trinajstić information content (AvgIpc) is 2.45. The van der Waals surface area contributed by atoms with Gasteiger partial charge < -0.3 is 14.8 Å². The molecule has 0 bridgehead atoms. The number of ether oxygens (including phenoxy) is 2. The van der Waals surface area contributed by atoms with E-state index in [1.165, 1.54) is 12.1 Å². The number of hydrogen-bond donors (Lipinski definition) is 1. The molecule has 0 aliphatic heterocycles. The van der Waals surface area contributed by atoms with Crippen molar-refractivity contribution in [3.05, 3.63) is 24.0 Å². The number of halogens is 1. The van der Waals surface area contributed by atoms with Crippen LogP contribution in [-0.4, -0.2) is 31.1 Å². The summed E-state index contributed by atoms with van der Waals surface area (Å²) < 4.78 is 24.7. The molecule has 0 spiro atoms. The summed E-state index contributed by atoms with van der Waals surface area (Å²) in [7, 11) is 0. The lowest BCUT2D eigenvalue weighted by Crippen LogP contribution is -2.33. The van der Waals surface area contributed by atoms with Crippen molar-refractivity contribution in [2.75, 3.05) is 13.2 Å². The molecule has 1 aromatic carbocycles. The number of Topliss-reactive ketones (excluding diaryl/α,β-unsaturated/α-hetero) is 1. The molecule has 1 rings (SSSR count). The molecule has 1 N–H and O–H groups in total. The summed E-state index contributed by atoms with van der Waals surface area (Å²) in [5.41, 5.74) is 0. The molecular formula is C17H26FNO3. The number of benzene rings is 1. The average molecular weight is 311 g/mol. The van der Waals surface area contributed by atoms with Gasteiger partial charge in [-0.05, 0) is 19.1 Å². The Balaban J connectivity index is 2.63. The maximum Gasteiger partial charge on any atom is 0.172 e. The monoisotopic (exact) mass is 311 g/mol. The summed E-state index contributed by atoms with van der Waals surface area (Å²) in [4.78, 5) is 11.6. The molecule has 0 fully saturated rings. The molecule has 0 saturated carbocycles. The van der Waals surface area contributed by atoms with Crippen molar-refractivity contribution in [3.63, 3.8) is 0 Å². The Morgan fingerprint density at radius 2 is 1.91 bits per heavy atom. The van der Waals surface area contributed by atoms with E-state index >= 15 is 0 Å². The van der Waals surface area contributed by atoms with Crippen LogP contribution < -0.4 is 14.8 Å². The van der Waals surface area contributed by atoms with Crippen molar-refractivity contribution >= 4 is 5.78 Å². The minimum absolute atomic E-state index is 0.0375. The molecule has 1 unspecified atom stereocenters. The van der Waals surface area contributed by atoms with Crippen LogP contribution in [-0.2, 0) is 4.79 Å². The molecule has 4 nitrogen and oxygen atoms in total. The van der Waals surface area contributed by atoms with Gasteiger partial charge in [-0.25, -0.2) is 4.39 Å². The number of carbonyl (C=O) groups excluding carboxylic acids is 1. The fourth-order valence-corrected chi connectivity index (χ4v) is 1.66. The van der Waals surface area contributed by atoms with Crippen LogP contribution in [0.5, 0.6) is 11.5 Å². The number of hydrogen-bond acceptors (Lipinski definition) is 4. The lowest BCUT2D eigenvalue weighted by molar-refractivity contribution is -0.123. The molecule has 124 valence electrons. The van der Waals surface area contributed by atoms with Crippen LogP contribution in [0.1, 0.15) is 34.6 Å². The van der Waals surface area contributed by atoms with Crippen molar-refractivity contribution in [2.45, 2.75) is 46.8 Å². The first-order chi connectivity index (χ1) is 10.3. The Morgan fingerprint density at radius 3 is 2.50 bits per heavy atom. The minimum atomic E-state index is -0.503. The SMILES string of the molecule is CC(C)NCC(C)Oc1ccc(F)c(OCC(=O)C(C)C)c1. The lowest BCUT2D eigenvalue weighted by atomic mass is 10.1. The van der Waals surface area contributed by atoms with Crippen molar-refractivity contribution in [1.29, 1.82) is 0 Å².